The van der Waals surface area contributed by atoms with Crippen molar-refractivity contribution in [2.24, 2.45) is 0 Å². The minimum atomic E-state index is 1.05. The molecule has 0 atom stereocenters. The number of halogens is 1. The number of hydrogen-bond donors (Lipinski definition) is 0. The second-order valence-corrected chi connectivity index (χ2v) is 6.23. The summed E-state index contributed by atoms with van der Waals surface area (Å²) in [5.41, 5.74) is 6.95. The molecule has 0 aliphatic carbocycles. The zero-order valence-electron chi connectivity index (χ0n) is 12.4. The Hall–Kier alpha value is -1.87. The van der Waals surface area contributed by atoms with E-state index in [4.69, 9.17) is 5.10 Å². The van der Waals surface area contributed by atoms with E-state index in [0.717, 1.165) is 21.5 Å². The molecule has 3 rings (SSSR count). The fourth-order valence-electron chi connectivity index (χ4n) is 2.76. The van der Waals surface area contributed by atoms with Crippen LogP contribution in [-0.4, -0.2) is 9.78 Å². The van der Waals surface area contributed by atoms with Gasteiger partial charge < -0.3 is 0 Å². The van der Waals surface area contributed by atoms with Gasteiger partial charge in [0, 0.05) is 15.7 Å². The number of nitrogens with zero attached hydrogens (tertiary/aromatic N) is 2. The van der Waals surface area contributed by atoms with Crippen molar-refractivity contribution < 1.29 is 0 Å². The molecule has 21 heavy (non-hydrogen) atoms. The quantitative estimate of drug-likeness (QED) is 0.624. The third-order valence-corrected chi connectivity index (χ3v) is 4.08. The molecule has 0 aliphatic rings. The number of aryl methyl sites for hydroxylation is 2. The molecule has 106 valence electrons. The monoisotopic (exact) mass is 340 g/mol. The van der Waals surface area contributed by atoms with E-state index in [1.807, 2.05) is 10.7 Å². The van der Waals surface area contributed by atoms with Crippen molar-refractivity contribution in [3.05, 3.63) is 70.0 Å². The van der Waals surface area contributed by atoms with Crippen LogP contribution in [0, 0.1) is 20.8 Å². The summed E-state index contributed by atoms with van der Waals surface area (Å²) < 4.78 is 3.10. The molecule has 0 saturated heterocycles. The topological polar surface area (TPSA) is 17.8 Å². The first kappa shape index (κ1) is 14.1. The highest BCUT2D eigenvalue weighted by Crippen LogP contribution is 2.29. The average Bonchev–Trinajstić information content (AvgIpc) is 2.74. The third kappa shape index (κ3) is 2.66. The molecule has 0 amide bonds. The number of benzene rings is 2. The van der Waals surface area contributed by atoms with Gasteiger partial charge >= 0.3 is 0 Å². The average molecular weight is 341 g/mol. The summed E-state index contributed by atoms with van der Waals surface area (Å²) in [4.78, 5) is 0. The minimum absolute atomic E-state index is 1.05. The first-order valence-electron chi connectivity index (χ1n) is 6.95. The Morgan fingerprint density at radius 2 is 1.67 bits per heavy atom. The molecule has 2 aromatic carbocycles. The fourth-order valence-corrected chi connectivity index (χ4v) is 3.35. The summed E-state index contributed by atoms with van der Waals surface area (Å²) in [7, 11) is 0. The van der Waals surface area contributed by atoms with Crippen LogP contribution in [0.5, 0.6) is 0 Å². The van der Waals surface area contributed by atoms with Gasteiger partial charge in [-0.15, -0.1) is 0 Å². The van der Waals surface area contributed by atoms with Gasteiger partial charge in [-0.3, -0.25) is 0 Å². The summed E-state index contributed by atoms with van der Waals surface area (Å²) in [6, 6.07) is 16.8. The lowest BCUT2D eigenvalue weighted by molar-refractivity contribution is 0.832. The summed E-state index contributed by atoms with van der Waals surface area (Å²) in [6.07, 6.45) is 0. The first-order valence-corrected chi connectivity index (χ1v) is 7.75. The fraction of sp³-hybridized carbons (Fsp3) is 0.167. The molecule has 0 bridgehead atoms. The third-order valence-electron chi connectivity index (χ3n) is 3.63. The summed E-state index contributed by atoms with van der Waals surface area (Å²) in [5.74, 6) is 0. The van der Waals surface area contributed by atoms with Crippen molar-refractivity contribution in [3.63, 3.8) is 0 Å². The lowest BCUT2D eigenvalue weighted by Crippen LogP contribution is -1.99. The summed E-state index contributed by atoms with van der Waals surface area (Å²) in [5, 5.41) is 4.73. The maximum absolute atomic E-state index is 4.73. The number of hydrogen-bond acceptors (Lipinski definition) is 1. The van der Waals surface area contributed by atoms with Gasteiger partial charge in [-0.1, -0.05) is 46.3 Å². The Labute approximate surface area is 133 Å². The number of rotatable bonds is 2. The Morgan fingerprint density at radius 1 is 0.952 bits per heavy atom. The summed E-state index contributed by atoms with van der Waals surface area (Å²) in [6.45, 7) is 6.29. The molecule has 0 N–H and O–H groups in total. The van der Waals surface area contributed by atoms with Gasteiger partial charge in [-0.2, -0.15) is 5.10 Å². The van der Waals surface area contributed by atoms with Crippen LogP contribution in [-0.2, 0) is 0 Å². The Morgan fingerprint density at radius 3 is 2.33 bits per heavy atom. The van der Waals surface area contributed by atoms with E-state index >= 15 is 0 Å². The zero-order valence-corrected chi connectivity index (χ0v) is 14.0. The molecule has 3 aromatic rings. The second kappa shape index (κ2) is 5.49. The van der Waals surface area contributed by atoms with E-state index < -0.39 is 0 Å². The van der Waals surface area contributed by atoms with Crippen LogP contribution in [0.3, 0.4) is 0 Å². The molecule has 0 unspecified atom stereocenters. The van der Waals surface area contributed by atoms with Gasteiger partial charge in [0.15, 0.2) is 0 Å². The Balaban J connectivity index is 2.18. The highest BCUT2D eigenvalue weighted by Gasteiger charge is 2.14. The molecule has 0 aliphatic heterocycles. The largest absolute Gasteiger partial charge is 0.237 e. The van der Waals surface area contributed by atoms with Crippen molar-refractivity contribution in [1.82, 2.24) is 9.78 Å². The van der Waals surface area contributed by atoms with Gasteiger partial charge in [0.2, 0.25) is 0 Å². The van der Waals surface area contributed by atoms with E-state index in [9.17, 15) is 0 Å². The number of aromatic nitrogens is 2. The van der Waals surface area contributed by atoms with Crippen LogP contribution >= 0.6 is 15.9 Å². The maximum atomic E-state index is 4.73. The van der Waals surface area contributed by atoms with Gasteiger partial charge in [0.05, 0.1) is 11.4 Å². The van der Waals surface area contributed by atoms with Crippen LogP contribution in [0.15, 0.2) is 53.0 Å². The smallest absolute Gasteiger partial charge is 0.0679 e. The predicted octanol–water partition coefficient (Wildman–Crippen LogP) is 5.23. The van der Waals surface area contributed by atoms with Crippen molar-refractivity contribution in [2.45, 2.75) is 20.8 Å². The van der Waals surface area contributed by atoms with Crippen molar-refractivity contribution >= 4 is 15.9 Å². The lowest BCUT2D eigenvalue weighted by Gasteiger charge is -2.07. The zero-order chi connectivity index (χ0) is 15.0. The van der Waals surface area contributed by atoms with E-state index in [1.165, 1.54) is 16.7 Å². The normalized spacial score (nSPS) is 10.9. The van der Waals surface area contributed by atoms with Gasteiger partial charge in [0.1, 0.15) is 0 Å². The molecule has 2 nitrogen and oxygen atoms in total. The van der Waals surface area contributed by atoms with Crippen LogP contribution in [0.1, 0.15) is 17.0 Å². The van der Waals surface area contributed by atoms with Crippen molar-refractivity contribution in [3.8, 4) is 16.8 Å². The van der Waals surface area contributed by atoms with Crippen LogP contribution < -0.4 is 0 Å². The first-order chi connectivity index (χ1) is 10.1. The highest BCUT2D eigenvalue weighted by molar-refractivity contribution is 9.10. The van der Waals surface area contributed by atoms with E-state index in [1.54, 1.807) is 0 Å². The van der Waals surface area contributed by atoms with E-state index in [0.29, 0.717) is 0 Å². The summed E-state index contributed by atoms with van der Waals surface area (Å²) >= 11 is 3.56. The van der Waals surface area contributed by atoms with Crippen molar-refractivity contribution in [2.75, 3.05) is 0 Å². The molecular formula is C18H17BrN2. The van der Waals surface area contributed by atoms with Gasteiger partial charge in [0.25, 0.3) is 0 Å². The predicted molar refractivity (Wildman–Crippen MR) is 90.9 cm³/mol. The standard InChI is InChI=1S/C18H17BrN2/c1-12-9-16(19)11-17(10-12)21-14(3)18(13(2)20-21)15-7-5-4-6-8-15/h4-11H,1-3H3. The van der Waals surface area contributed by atoms with Gasteiger partial charge in [-0.25, -0.2) is 4.68 Å². The Kier molecular flexibility index (Phi) is 3.68. The molecule has 1 aromatic heterocycles. The van der Waals surface area contributed by atoms with Crippen LogP contribution in [0.2, 0.25) is 0 Å². The molecule has 0 spiro atoms. The van der Waals surface area contributed by atoms with E-state index in [-0.39, 0.29) is 0 Å². The molecular weight excluding hydrogens is 324 g/mol. The molecule has 0 saturated carbocycles. The van der Waals surface area contributed by atoms with E-state index in [2.05, 4.69) is 79.2 Å². The highest BCUT2D eigenvalue weighted by atomic mass is 79.9. The molecule has 0 fully saturated rings. The second-order valence-electron chi connectivity index (χ2n) is 5.31. The molecule has 3 heteroatoms. The lowest BCUT2D eigenvalue weighted by atomic mass is 10.0. The SMILES string of the molecule is Cc1cc(Br)cc(-n2nc(C)c(-c3ccccc3)c2C)c1. The van der Waals surface area contributed by atoms with Gasteiger partial charge in [-0.05, 0) is 50.1 Å². The molecule has 0 radical (unpaired) electrons. The maximum Gasteiger partial charge on any atom is 0.0679 e. The van der Waals surface area contributed by atoms with Crippen molar-refractivity contribution in [1.29, 1.82) is 0 Å². The van der Waals surface area contributed by atoms with Crippen LogP contribution in [0.25, 0.3) is 16.8 Å². The van der Waals surface area contributed by atoms with Crippen LogP contribution in [0.4, 0.5) is 0 Å². The minimum Gasteiger partial charge on any atom is -0.237 e. The molecule has 1 heterocycles. The Bertz CT molecular complexity index is 768.